The van der Waals surface area contributed by atoms with Crippen molar-refractivity contribution in [2.45, 2.75) is 6.42 Å². The van der Waals surface area contributed by atoms with Gasteiger partial charge < -0.3 is 9.84 Å². The maximum atomic E-state index is 8.37. The van der Waals surface area contributed by atoms with Crippen molar-refractivity contribution in [2.75, 3.05) is 19.8 Å². The van der Waals surface area contributed by atoms with Gasteiger partial charge in [0.2, 0.25) is 0 Å². The van der Waals surface area contributed by atoms with Crippen LogP contribution in [-0.2, 0) is 4.74 Å². The van der Waals surface area contributed by atoms with E-state index in [4.69, 9.17) is 9.84 Å². The second kappa shape index (κ2) is 2.67. The Kier molecular flexibility index (Phi) is 1.86. The molecule has 0 amide bonds. The molecule has 0 aromatic rings. The van der Waals surface area contributed by atoms with E-state index in [9.17, 15) is 0 Å². The Balaban J connectivity index is 2.23. The van der Waals surface area contributed by atoms with E-state index in [0.717, 1.165) is 6.54 Å². The van der Waals surface area contributed by atoms with Gasteiger partial charge in [0.25, 0.3) is 0 Å². The Hall–Kier alpha value is -0.570. The van der Waals surface area contributed by atoms with E-state index in [0.29, 0.717) is 18.9 Å². The minimum atomic E-state index is 0.138. The number of aliphatic hydroxyl groups excluding tert-OH is 1. The third-order valence-electron chi connectivity index (χ3n) is 0.974. The van der Waals surface area contributed by atoms with E-state index in [1.165, 1.54) is 0 Å². The fourth-order valence-corrected chi connectivity index (χ4v) is 0.626. The van der Waals surface area contributed by atoms with Crippen molar-refractivity contribution in [1.82, 2.24) is 0 Å². The van der Waals surface area contributed by atoms with Crippen molar-refractivity contribution in [3.63, 3.8) is 0 Å². The summed E-state index contributed by atoms with van der Waals surface area (Å²) in [5, 5.41) is 8.37. The van der Waals surface area contributed by atoms with Crippen molar-refractivity contribution in [3.05, 3.63) is 0 Å². The zero-order valence-corrected chi connectivity index (χ0v) is 4.63. The van der Waals surface area contributed by atoms with Crippen molar-refractivity contribution < 1.29 is 9.84 Å². The van der Waals surface area contributed by atoms with Crippen LogP contribution >= 0.6 is 0 Å². The van der Waals surface area contributed by atoms with Crippen LogP contribution in [0.1, 0.15) is 6.42 Å². The van der Waals surface area contributed by atoms with Crippen LogP contribution in [0, 0.1) is 0 Å². The number of aliphatic imine (C=N–C) groups is 1. The molecule has 1 heterocycles. The molecule has 46 valence electrons. The molecule has 0 aromatic carbocycles. The molecule has 1 aliphatic rings. The third kappa shape index (κ3) is 1.20. The van der Waals surface area contributed by atoms with E-state index >= 15 is 0 Å². The topological polar surface area (TPSA) is 41.8 Å². The standard InChI is InChI=1S/C5H9NO2/c7-3-1-5-6-2-4-8-5/h7H,1-4H2. The molecule has 0 saturated heterocycles. The number of ether oxygens (including phenoxy) is 1. The Morgan fingerprint density at radius 2 is 2.62 bits per heavy atom. The van der Waals surface area contributed by atoms with E-state index < -0.39 is 0 Å². The third-order valence-corrected chi connectivity index (χ3v) is 0.974. The molecule has 8 heavy (non-hydrogen) atoms. The van der Waals surface area contributed by atoms with E-state index in [1.54, 1.807) is 0 Å². The summed E-state index contributed by atoms with van der Waals surface area (Å²) < 4.78 is 4.98. The first-order valence-corrected chi connectivity index (χ1v) is 2.70. The van der Waals surface area contributed by atoms with Gasteiger partial charge in [-0.3, -0.25) is 4.99 Å². The van der Waals surface area contributed by atoms with Crippen molar-refractivity contribution in [1.29, 1.82) is 0 Å². The minimum absolute atomic E-state index is 0.138. The van der Waals surface area contributed by atoms with Gasteiger partial charge in [0.05, 0.1) is 13.2 Å². The molecule has 3 heteroatoms. The molecular formula is C5H9NO2. The first kappa shape index (κ1) is 5.56. The highest BCUT2D eigenvalue weighted by molar-refractivity contribution is 5.77. The van der Waals surface area contributed by atoms with Crippen LogP contribution in [0.5, 0.6) is 0 Å². The van der Waals surface area contributed by atoms with Crippen LogP contribution in [-0.4, -0.2) is 30.8 Å². The van der Waals surface area contributed by atoms with Gasteiger partial charge in [-0.1, -0.05) is 0 Å². The highest BCUT2D eigenvalue weighted by Gasteiger charge is 2.03. The molecular weight excluding hydrogens is 106 g/mol. The smallest absolute Gasteiger partial charge is 0.185 e. The van der Waals surface area contributed by atoms with Gasteiger partial charge in [-0.2, -0.15) is 0 Å². The summed E-state index contributed by atoms with van der Waals surface area (Å²) in [5.41, 5.74) is 0. The quantitative estimate of drug-likeness (QED) is 0.541. The monoisotopic (exact) mass is 115 g/mol. The molecule has 0 spiro atoms. The van der Waals surface area contributed by atoms with Crippen LogP contribution in [0.25, 0.3) is 0 Å². The zero-order chi connectivity index (χ0) is 5.82. The summed E-state index contributed by atoms with van der Waals surface area (Å²) in [6, 6.07) is 0. The average Bonchev–Trinajstić information content (AvgIpc) is 2.19. The van der Waals surface area contributed by atoms with Crippen LogP contribution in [0.3, 0.4) is 0 Å². The Morgan fingerprint density at radius 3 is 3.12 bits per heavy atom. The van der Waals surface area contributed by atoms with E-state index in [-0.39, 0.29) is 6.61 Å². The van der Waals surface area contributed by atoms with Crippen LogP contribution in [0.15, 0.2) is 4.99 Å². The molecule has 0 unspecified atom stereocenters. The lowest BCUT2D eigenvalue weighted by Crippen LogP contribution is -2.00. The largest absolute Gasteiger partial charge is 0.479 e. The lowest BCUT2D eigenvalue weighted by molar-refractivity contribution is 0.282. The zero-order valence-electron chi connectivity index (χ0n) is 4.63. The second-order valence-electron chi connectivity index (χ2n) is 1.60. The predicted molar refractivity (Wildman–Crippen MR) is 30.0 cm³/mol. The number of hydrogen-bond acceptors (Lipinski definition) is 3. The Morgan fingerprint density at radius 1 is 1.75 bits per heavy atom. The first-order valence-electron chi connectivity index (χ1n) is 2.70. The summed E-state index contributed by atoms with van der Waals surface area (Å²) in [7, 11) is 0. The Labute approximate surface area is 48.0 Å². The fourth-order valence-electron chi connectivity index (χ4n) is 0.626. The molecule has 1 rings (SSSR count). The minimum Gasteiger partial charge on any atom is -0.479 e. The molecule has 1 aliphatic heterocycles. The molecule has 0 fully saturated rings. The van der Waals surface area contributed by atoms with Gasteiger partial charge in [-0.15, -0.1) is 0 Å². The van der Waals surface area contributed by atoms with Gasteiger partial charge in [0.15, 0.2) is 5.90 Å². The second-order valence-corrected chi connectivity index (χ2v) is 1.60. The highest BCUT2D eigenvalue weighted by Crippen LogP contribution is 1.96. The van der Waals surface area contributed by atoms with Gasteiger partial charge in [-0.05, 0) is 0 Å². The van der Waals surface area contributed by atoms with Crippen molar-refractivity contribution in [3.8, 4) is 0 Å². The molecule has 0 atom stereocenters. The molecule has 0 bridgehead atoms. The molecule has 0 saturated carbocycles. The molecule has 0 radical (unpaired) electrons. The summed E-state index contributed by atoms with van der Waals surface area (Å²) in [6.45, 7) is 1.59. The summed E-state index contributed by atoms with van der Waals surface area (Å²) in [5.74, 6) is 0.701. The normalized spacial score (nSPS) is 17.9. The van der Waals surface area contributed by atoms with E-state index in [1.807, 2.05) is 0 Å². The first-order chi connectivity index (χ1) is 3.93. The SMILES string of the molecule is OCCC1=NCCO1. The summed E-state index contributed by atoms with van der Waals surface area (Å²) in [6.07, 6.45) is 0.569. The summed E-state index contributed by atoms with van der Waals surface area (Å²) in [4.78, 5) is 3.96. The van der Waals surface area contributed by atoms with Crippen LogP contribution < -0.4 is 0 Å². The van der Waals surface area contributed by atoms with E-state index in [2.05, 4.69) is 4.99 Å². The van der Waals surface area contributed by atoms with Gasteiger partial charge in [0, 0.05) is 6.42 Å². The lowest BCUT2D eigenvalue weighted by Gasteiger charge is -1.94. The number of rotatable bonds is 2. The molecule has 1 N–H and O–H groups in total. The Bertz CT molecular complexity index is 101. The lowest BCUT2D eigenvalue weighted by atomic mass is 10.5. The van der Waals surface area contributed by atoms with Crippen molar-refractivity contribution >= 4 is 5.90 Å². The van der Waals surface area contributed by atoms with Gasteiger partial charge >= 0.3 is 0 Å². The maximum absolute atomic E-state index is 8.37. The van der Waals surface area contributed by atoms with Crippen LogP contribution in [0.4, 0.5) is 0 Å². The summed E-state index contributed by atoms with van der Waals surface area (Å²) >= 11 is 0. The fraction of sp³-hybridized carbons (Fsp3) is 0.800. The maximum Gasteiger partial charge on any atom is 0.185 e. The van der Waals surface area contributed by atoms with Gasteiger partial charge in [0.1, 0.15) is 6.61 Å². The number of hydrogen-bond donors (Lipinski definition) is 1. The predicted octanol–water partition coefficient (Wildman–Crippen LogP) is -0.203. The number of nitrogens with zero attached hydrogens (tertiary/aromatic N) is 1. The average molecular weight is 115 g/mol. The molecule has 0 aliphatic carbocycles. The molecule has 0 aromatic heterocycles. The highest BCUT2D eigenvalue weighted by atomic mass is 16.5. The van der Waals surface area contributed by atoms with Gasteiger partial charge in [-0.25, -0.2) is 0 Å². The molecule has 3 nitrogen and oxygen atoms in total. The number of aliphatic hydroxyl groups is 1. The van der Waals surface area contributed by atoms with Crippen molar-refractivity contribution in [2.24, 2.45) is 4.99 Å². The van der Waals surface area contributed by atoms with Crippen LogP contribution in [0.2, 0.25) is 0 Å².